The average molecular weight is 832 g/mol. The lowest BCUT2D eigenvalue weighted by molar-refractivity contribution is -0.228. The van der Waals surface area contributed by atoms with Crippen LogP contribution in [0, 0.1) is 0 Å². The molecular formula is C43H80N2O11P-. The average Bonchev–Trinajstić information content (AvgIpc) is 3.19. The van der Waals surface area contributed by atoms with E-state index in [9.17, 15) is 33.4 Å². The Morgan fingerprint density at radius 3 is 1.39 bits per heavy atom. The van der Waals surface area contributed by atoms with Gasteiger partial charge in [0.15, 0.2) is 6.10 Å². The van der Waals surface area contributed by atoms with E-state index in [2.05, 4.69) is 24.5 Å². The van der Waals surface area contributed by atoms with Crippen molar-refractivity contribution >= 4 is 37.9 Å². The lowest BCUT2D eigenvalue weighted by Crippen LogP contribution is -2.31. The Hall–Kier alpha value is -2.34. The molecule has 14 heteroatoms. The molecule has 0 bridgehead atoms. The van der Waals surface area contributed by atoms with E-state index in [1.165, 1.54) is 116 Å². The fourth-order valence-electron chi connectivity index (χ4n) is 6.31. The minimum atomic E-state index is -4.87. The summed E-state index contributed by atoms with van der Waals surface area (Å²) in [5.41, 5.74) is 0. The Morgan fingerprint density at radius 1 is 0.544 bits per heavy atom. The van der Waals surface area contributed by atoms with Crippen LogP contribution in [0.3, 0.4) is 0 Å². The maximum absolute atomic E-state index is 12.7. The summed E-state index contributed by atoms with van der Waals surface area (Å²) in [6, 6.07) is 0. The number of unbranched alkanes of at least 4 members (excludes halogenated alkanes) is 24. The lowest BCUT2D eigenvalue weighted by atomic mass is 10.0. The van der Waals surface area contributed by atoms with Crippen LogP contribution in [0.2, 0.25) is 0 Å². The Bertz CT molecular complexity index is 1060. The van der Waals surface area contributed by atoms with Gasteiger partial charge in [-0.15, -0.1) is 0 Å². The number of hydrogen-bond donors (Lipinski definition) is 2. The molecule has 0 aromatic heterocycles. The van der Waals surface area contributed by atoms with Crippen molar-refractivity contribution in [3.05, 3.63) is 0 Å². The monoisotopic (exact) mass is 832 g/mol. The lowest BCUT2D eigenvalue weighted by Gasteiger charge is -2.25. The third-order valence-electron chi connectivity index (χ3n) is 9.75. The Labute approximate surface area is 345 Å². The van der Waals surface area contributed by atoms with Gasteiger partial charge in [0.2, 0.25) is 11.8 Å². The molecule has 2 amide bonds. The number of carbonyl (C=O) groups excluding carboxylic acids is 5. The van der Waals surface area contributed by atoms with Gasteiger partial charge >= 0.3 is 11.9 Å². The summed E-state index contributed by atoms with van der Waals surface area (Å²) < 4.78 is 33.1. The van der Waals surface area contributed by atoms with E-state index in [0.29, 0.717) is 19.1 Å². The topological polar surface area (TPSA) is 186 Å². The van der Waals surface area contributed by atoms with E-state index < -0.39 is 50.9 Å². The number of nitrogens with one attached hydrogen (secondary N) is 2. The number of carbonyl (C=O) groups is 5. The van der Waals surface area contributed by atoms with E-state index >= 15 is 0 Å². The highest BCUT2D eigenvalue weighted by Gasteiger charge is 2.21. The minimum Gasteiger partial charge on any atom is -0.756 e. The first-order valence-electron chi connectivity index (χ1n) is 22.6. The zero-order chi connectivity index (χ0) is 42.1. The first-order chi connectivity index (χ1) is 27.6. The van der Waals surface area contributed by atoms with Gasteiger partial charge in [0.1, 0.15) is 12.9 Å². The van der Waals surface area contributed by atoms with Crippen LogP contribution in [0.15, 0.2) is 0 Å². The molecule has 57 heavy (non-hydrogen) atoms. The molecule has 0 spiro atoms. The van der Waals surface area contributed by atoms with Gasteiger partial charge in [-0.25, -0.2) is 0 Å². The summed E-state index contributed by atoms with van der Waals surface area (Å²) in [6.45, 7) is 2.78. The number of hydrogen-bond acceptors (Lipinski definition) is 11. The number of esters is 2. The Morgan fingerprint density at radius 2 is 0.947 bits per heavy atom. The number of amides is 2. The van der Waals surface area contributed by atoms with Gasteiger partial charge in [0.05, 0.1) is 19.8 Å². The van der Waals surface area contributed by atoms with Gasteiger partial charge in [0.25, 0.3) is 7.82 Å². The summed E-state index contributed by atoms with van der Waals surface area (Å²) in [7, 11) is -4.87. The highest BCUT2D eigenvalue weighted by atomic mass is 31.2. The van der Waals surface area contributed by atoms with Crippen molar-refractivity contribution < 1.29 is 52.0 Å². The number of ether oxygens (including phenoxy) is 2. The van der Waals surface area contributed by atoms with Crippen LogP contribution >= 0.6 is 7.82 Å². The van der Waals surface area contributed by atoms with Crippen molar-refractivity contribution in [1.82, 2.24) is 10.6 Å². The van der Waals surface area contributed by atoms with Crippen LogP contribution in [-0.4, -0.2) is 69.1 Å². The zero-order valence-corrected chi connectivity index (χ0v) is 36.7. The maximum Gasteiger partial charge on any atom is 0.306 e. The second-order valence-electron chi connectivity index (χ2n) is 15.2. The number of aldehydes is 1. The number of phosphoric ester groups is 1. The van der Waals surface area contributed by atoms with Gasteiger partial charge in [-0.3, -0.25) is 23.7 Å². The molecule has 2 N–H and O–H groups in total. The molecule has 2 unspecified atom stereocenters. The Balaban J connectivity index is 4.56. The smallest absolute Gasteiger partial charge is 0.306 e. The minimum absolute atomic E-state index is 0.132. The van der Waals surface area contributed by atoms with Crippen LogP contribution < -0.4 is 15.5 Å². The van der Waals surface area contributed by atoms with E-state index in [1.807, 2.05) is 0 Å². The highest BCUT2D eigenvalue weighted by Crippen LogP contribution is 2.38. The van der Waals surface area contributed by atoms with Crippen LogP contribution in [0.4, 0.5) is 0 Å². The van der Waals surface area contributed by atoms with E-state index in [0.717, 1.165) is 38.5 Å². The molecule has 0 saturated heterocycles. The van der Waals surface area contributed by atoms with E-state index in [4.69, 9.17) is 18.5 Å². The molecule has 0 saturated carbocycles. The quantitative estimate of drug-likeness (QED) is 0.0258. The van der Waals surface area contributed by atoms with Crippen molar-refractivity contribution in [3.8, 4) is 0 Å². The van der Waals surface area contributed by atoms with Gasteiger partial charge in [-0.1, -0.05) is 168 Å². The molecule has 0 radical (unpaired) electrons. The van der Waals surface area contributed by atoms with Crippen molar-refractivity contribution in [3.63, 3.8) is 0 Å². The van der Waals surface area contributed by atoms with Crippen LogP contribution in [0.5, 0.6) is 0 Å². The van der Waals surface area contributed by atoms with Gasteiger partial charge in [-0.2, -0.15) is 0 Å². The standard InChI is InChI=1S/C43H81N2O11P/c1-3-5-7-9-11-13-15-17-19-21-23-25-27-29-42(49)53-37-39(56-43(50)30-28-26-24-22-20-18-16-14-12-10-8-6-4-2)38-55-57(51,52)54-36-34-45-41(48)32-31-40(47)44-33-35-46/h35,39H,3-34,36-38H2,1-2H3,(H,44,47)(H,45,48)(H,51,52)/p-1. The molecule has 0 rings (SSSR count). The predicted octanol–water partition coefficient (Wildman–Crippen LogP) is 9.12. The summed E-state index contributed by atoms with van der Waals surface area (Å²) in [6.07, 6.45) is 30.2. The zero-order valence-electron chi connectivity index (χ0n) is 35.8. The molecule has 0 aliphatic carbocycles. The third-order valence-corrected chi connectivity index (χ3v) is 10.7. The van der Waals surface area contributed by atoms with Crippen molar-refractivity contribution in [2.24, 2.45) is 0 Å². The van der Waals surface area contributed by atoms with Crippen LogP contribution in [0.25, 0.3) is 0 Å². The molecule has 0 heterocycles. The van der Waals surface area contributed by atoms with Gasteiger partial charge in [-0.05, 0) is 12.8 Å². The molecular weight excluding hydrogens is 751 g/mol. The first kappa shape index (κ1) is 54.7. The van der Waals surface area contributed by atoms with E-state index in [-0.39, 0.29) is 45.4 Å². The molecule has 13 nitrogen and oxygen atoms in total. The van der Waals surface area contributed by atoms with Crippen molar-refractivity contribution in [2.45, 2.75) is 213 Å². The number of phosphoric acid groups is 1. The van der Waals surface area contributed by atoms with Crippen molar-refractivity contribution in [1.29, 1.82) is 0 Å². The normalized spacial score (nSPS) is 12.8. The molecule has 0 aromatic rings. The number of rotatable bonds is 43. The summed E-state index contributed by atoms with van der Waals surface area (Å²) in [5, 5.41) is 4.75. The SMILES string of the molecule is CCCCCCCCCCCCCCCC(=O)OCC(COP(=O)([O-])OCCNC(=O)CCC(=O)NCC=O)OC(=O)CCCCCCCCCCCCCCC. The second kappa shape index (κ2) is 40.4. The van der Waals surface area contributed by atoms with Crippen molar-refractivity contribution in [2.75, 3.05) is 32.9 Å². The third kappa shape index (κ3) is 40.2. The predicted molar refractivity (Wildman–Crippen MR) is 222 cm³/mol. The summed E-state index contributed by atoms with van der Waals surface area (Å²) in [4.78, 5) is 71.3. The largest absolute Gasteiger partial charge is 0.756 e. The molecule has 0 aliphatic heterocycles. The van der Waals surface area contributed by atoms with E-state index in [1.54, 1.807) is 0 Å². The van der Waals surface area contributed by atoms with Gasteiger partial charge in [0, 0.05) is 32.2 Å². The second-order valence-corrected chi connectivity index (χ2v) is 16.6. The Kier molecular flexibility index (Phi) is 38.8. The molecule has 0 aliphatic rings. The summed E-state index contributed by atoms with van der Waals surface area (Å²) >= 11 is 0. The van der Waals surface area contributed by atoms with Crippen LogP contribution in [-0.2, 0) is 47.1 Å². The molecule has 0 aromatic carbocycles. The van der Waals surface area contributed by atoms with Crippen LogP contribution in [0.1, 0.15) is 206 Å². The molecule has 334 valence electrons. The molecule has 2 atom stereocenters. The fourth-order valence-corrected chi connectivity index (χ4v) is 7.05. The van der Waals surface area contributed by atoms with Gasteiger partial charge < -0.3 is 38.8 Å². The maximum atomic E-state index is 12.7. The summed E-state index contributed by atoms with van der Waals surface area (Å²) in [5.74, 6) is -1.94. The highest BCUT2D eigenvalue weighted by molar-refractivity contribution is 7.45. The molecule has 0 fully saturated rings. The first-order valence-corrected chi connectivity index (χ1v) is 24.0. The fraction of sp³-hybridized carbons (Fsp3) is 0.884.